The Hall–Kier alpha value is -0.770. The molecule has 5 N–H and O–H groups in total. The van der Waals surface area contributed by atoms with E-state index in [-0.39, 0.29) is 13.0 Å². The van der Waals surface area contributed by atoms with Gasteiger partial charge in [-0.25, -0.2) is 0 Å². The Labute approximate surface area is 110 Å². The Kier molecular flexibility index (Phi) is 6.11. The largest absolute Gasteiger partial charge is 0.396 e. The molecule has 0 saturated carbocycles. The summed E-state index contributed by atoms with van der Waals surface area (Å²) in [6, 6.07) is -0.873. The molecule has 0 aromatic carbocycles. The number of rotatable bonds is 5. The SMILES string of the molecule is CO[C@H]1O[C@H](C)[C@@H](NC(=O)C(O)CCO)[C@H](O)[C@@H]1O. The molecule has 0 aromatic heterocycles. The second-order valence-electron chi connectivity index (χ2n) is 4.49. The first-order valence-electron chi connectivity index (χ1n) is 6.06. The second kappa shape index (κ2) is 7.13. The third kappa shape index (κ3) is 3.85. The van der Waals surface area contributed by atoms with Gasteiger partial charge in [0.25, 0.3) is 0 Å². The third-order valence-electron chi connectivity index (χ3n) is 3.10. The fourth-order valence-electron chi connectivity index (χ4n) is 1.94. The summed E-state index contributed by atoms with van der Waals surface area (Å²) >= 11 is 0. The summed E-state index contributed by atoms with van der Waals surface area (Å²) in [6.45, 7) is 1.27. The molecular weight excluding hydrogens is 258 g/mol. The minimum atomic E-state index is -1.37. The number of carbonyl (C=O) groups excluding carboxylic acids is 1. The first-order chi connectivity index (χ1) is 8.92. The lowest BCUT2D eigenvalue weighted by atomic mass is 9.96. The summed E-state index contributed by atoms with van der Waals surface area (Å²) in [5.41, 5.74) is 0. The third-order valence-corrected chi connectivity index (χ3v) is 3.10. The number of hydrogen-bond acceptors (Lipinski definition) is 7. The van der Waals surface area contributed by atoms with Crippen molar-refractivity contribution < 1.29 is 34.7 Å². The number of nitrogens with one attached hydrogen (secondary N) is 1. The van der Waals surface area contributed by atoms with Crippen molar-refractivity contribution in [2.45, 2.75) is 50.1 Å². The van der Waals surface area contributed by atoms with Crippen LogP contribution in [0.15, 0.2) is 0 Å². The molecule has 0 radical (unpaired) electrons. The van der Waals surface area contributed by atoms with Gasteiger partial charge >= 0.3 is 0 Å². The molecule has 0 aromatic rings. The summed E-state index contributed by atoms with van der Waals surface area (Å²) in [5.74, 6) is -0.739. The van der Waals surface area contributed by atoms with Gasteiger partial charge in [0.1, 0.15) is 18.3 Å². The Balaban J connectivity index is 2.64. The van der Waals surface area contributed by atoms with Crippen molar-refractivity contribution in [3.05, 3.63) is 0 Å². The van der Waals surface area contributed by atoms with Crippen LogP contribution in [0.2, 0.25) is 0 Å². The number of ether oxygens (including phenoxy) is 2. The zero-order valence-corrected chi connectivity index (χ0v) is 10.9. The lowest BCUT2D eigenvalue weighted by molar-refractivity contribution is -0.263. The number of carbonyl (C=O) groups is 1. The lowest BCUT2D eigenvalue weighted by Gasteiger charge is -2.41. The summed E-state index contributed by atoms with van der Waals surface area (Å²) in [7, 11) is 1.33. The van der Waals surface area contributed by atoms with Crippen molar-refractivity contribution in [3.8, 4) is 0 Å². The molecule has 1 aliphatic heterocycles. The predicted molar refractivity (Wildman–Crippen MR) is 63.0 cm³/mol. The van der Waals surface area contributed by atoms with Crippen LogP contribution in [0.25, 0.3) is 0 Å². The summed E-state index contributed by atoms with van der Waals surface area (Å²) in [6.07, 6.45) is -5.64. The van der Waals surface area contributed by atoms with Gasteiger partial charge in [0.2, 0.25) is 5.91 Å². The van der Waals surface area contributed by atoms with Crippen molar-refractivity contribution in [1.29, 1.82) is 0 Å². The zero-order chi connectivity index (χ0) is 14.6. The van der Waals surface area contributed by atoms with E-state index < -0.39 is 42.7 Å². The molecule has 19 heavy (non-hydrogen) atoms. The molecule has 1 rings (SSSR count). The van der Waals surface area contributed by atoms with Crippen LogP contribution >= 0.6 is 0 Å². The van der Waals surface area contributed by atoms with Gasteiger partial charge in [-0.1, -0.05) is 0 Å². The van der Waals surface area contributed by atoms with Gasteiger partial charge in [-0.15, -0.1) is 0 Å². The fourth-order valence-corrected chi connectivity index (χ4v) is 1.94. The molecule has 0 aliphatic carbocycles. The van der Waals surface area contributed by atoms with Crippen LogP contribution in [0.3, 0.4) is 0 Å². The lowest BCUT2D eigenvalue weighted by Crippen LogP contribution is -2.63. The van der Waals surface area contributed by atoms with E-state index >= 15 is 0 Å². The number of methoxy groups -OCH3 is 1. The predicted octanol–water partition coefficient (Wildman–Crippen LogP) is -2.67. The van der Waals surface area contributed by atoms with E-state index in [9.17, 15) is 20.1 Å². The van der Waals surface area contributed by atoms with E-state index in [1.54, 1.807) is 6.92 Å². The molecule has 8 heteroatoms. The molecule has 8 nitrogen and oxygen atoms in total. The van der Waals surface area contributed by atoms with Crippen LogP contribution in [-0.4, -0.2) is 76.8 Å². The summed E-state index contributed by atoms with van der Waals surface area (Å²) in [5, 5.41) is 40.1. The van der Waals surface area contributed by atoms with E-state index in [0.29, 0.717) is 0 Å². The van der Waals surface area contributed by atoms with E-state index in [0.717, 1.165) is 0 Å². The molecule has 112 valence electrons. The maximum Gasteiger partial charge on any atom is 0.249 e. The van der Waals surface area contributed by atoms with E-state index in [2.05, 4.69) is 5.32 Å². The number of aliphatic hydroxyl groups is 4. The topological polar surface area (TPSA) is 128 Å². The molecule has 1 fully saturated rings. The van der Waals surface area contributed by atoms with E-state index in [1.165, 1.54) is 7.11 Å². The number of amides is 1. The first-order valence-corrected chi connectivity index (χ1v) is 6.06. The van der Waals surface area contributed by atoms with Gasteiger partial charge in [0, 0.05) is 20.1 Å². The van der Waals surface area contributed by atoms with Crippen LogP contribution in [0.1, 0.15) is 13.3 Å². The number of aliphatic hydroxyl groups excluding tert-OH is 4. The maximum absolute atomic E-state index is 11.6. The van der Waals surface area contributed by atoms with Crippen LogP contribution < -0.4 is 5.32 Å². The minimum absolute atomic E-state index is 0.104. The Morgan fingerprint density at radius 2 is 2.05 bits per heavy atom. The highest BCUT2D eigenvalue weighted by molar-refractivity contribution is 5.80. The molecule has 0 bridgehead atoms. The molecule has 6 atom stereocenters. The van der Waals surface area contributed by atoms with Gasteiger partial charge < -0.3 is 35.2 Å². The van der Waals surface area contributed by atoms with Crippen molar-refractivity contribution in [2.75, 3.05) is 13.7 Å². The van der Waals surface area contributed by atoms with Gasteiger partial charge in [0.05, 0.1) is 12.1 Å². The Bertz CT molecular complexity index is 301. The zero-order valence-electron chi connectivity index (χ0n) is 10.9. The highest BCUT2D eigenvalue weighted by Gasteiger charge is 2.43. The van der Waals surface area contributed by atoms with Gasteiger partial charge in [-0.3, -0.25) is 4.79 Å². The highest BCUT2D eigenvalue weighted by Crippen LogP contribution is 2.21. The number of hydrogen-bond donors (Lipinski definition) is 5. The van der Waals surface area contributed by atoms with Gasteiger partial charge in [-0.2, -0.15) is 0 Å². The van der Waals surface area contributed by atoms with Gasteiger partial charge in [0.15, 0.2) is 6.29 Å². The molecule has 1 aliphatic rings. The molecule has 1 saturated heterocycles. The van der Waals surface area contributed by atoms with Crippen LogP contribution in [0.4, 0.5) is 0 Å². The quantitative estimate of drug-likeness (QED) is 0.371. The smallest absolute Gasteiger partial charge is 0.249 e. The standard InChI is InChI=1S/C11H21NO7/c1-5-7(12-10(17)6(14)3-4-13)8(15)9(16)11(18-2)19-5/h5-9,11,13-16H,3-4H2,1-2H3,(H,12,17)/t5-,6?,7-,8+,9+,11+/m1/s1. The van der Waals surface area contributed by atoms with Crippen molar-refractivity contribution >= 4 is 5.91 Å². The normalized spacial score (nSPS) is 36.8. The average molecular weight is 279 g/mol. The summed E-state index contributed by atoms with van der Waals surface area (Å²) in [4.78, 5) is 11.6. The molecule has 1 amide bonds. The Morgan fingerprint density at radius 3 is 2.58 bits per heavy atom. The maximum atomic E-state index is 11.6. The van der Waals surface area contributed by atoms with Crippen LogP contribution in [0.5, 0.6) is 0 Å². The molecule has 0 spiro atoms. The molecule has 1 unspecified atom stereocenters. The van der Waals surface area contributed by atoms with Crippen molar-refractivity contribution in [1.82, 2.24) is 5.32 Å². The van der Waals surface area contributed by atoms with Crippen molar-refractivity contribution in [2.24, 2.45) is 0 Å². The highest BCUT2D eigenvalue weighted by atomic mass is 16.7. The van der Waals surface area contributed by atoms with Crippen LogP contribution in [0, 0.1) is 0 Å². The summed E-state index contributed by atoms with van der Waals surface area (Å²) < 4.78 is 10.1. The fraction of sp³-hybridized carbons (Fsp3) is 0.909. The monoisotopic (exact) mass is 279 g/mol. The molecule has 1 heterocycles. The van der Waals surface area contributed by atoms with Crippen molar-refractivity contribution in [3.63, 3.8) is 0 Å². The second-order valence-corrected chi connectivity index (χ2v) is 4.49. The Morgan fingerprint density at radius 1 is 1.42 bits per heavy atom. The minimum Gasteiger partial charge on any atom is -0.396 e. The molecular formula is C11H21NO7. The van der Waals surface area contributed by atoms with Gasteiger partial charge in [-0.05, 0) is 6.92 Å². The van der Waals surface area contributed by atoms with E-state index in [4.69, 9.17) is 14.6 Å². The average Bonchev–Trinajstić information content (AvgIpc) is 2.38. The van der Waals surface area contributed by atoms with Crippen LogP contribution in [-0.2, 0) is 14.3 Å². The van der Waals surface area contributed by atoms with E-state index in [1.807, 2.05) is 0 Å². The first kappa shape index (κ1) is 16.3.